The van der Waals surface area contributed by atoms with E-state index in [1.165, 1.54) is 17.0 Å². The summed E-state index contributed by atoms with van der Waals surface area (Å²) in [7, 11) is 0. The largest absolute Gasteiger partial charge is 0.394 e. The van der Waals surface area contributed by atoms with Crippen LogP contribution in [0.3, 0.4) is 0 Å². The number of nitrogens with two attached hydrogens (primary N) is 2. The van der Waals surface area contributed by atoms with E-state index in [0.717, 1.165) is 18.9 Å². The molecule has 0 aliphatic carbocycles. The van der Waals surface area contributed by atoms with E-state index in [-0.39, 0.29) is 23.5 Å². The molecule has 2 aromatic rings. The first-order valence-corrected chi connectivity index (χ1v) is 11.0. The number of amides is 1. The highest BCUT2D eigenvalue weighted by atomic mass is 19.2. The van der Waals surface area contributed by atoms with Crippen LogP contribution in [0.15, 0.2) is 18.5 Å². The van der Waals surface area contributed by atoms with Crippen molar-refractivity contribution in [1.29, 1.82) is 0 Å². The number of hydrogen-bond acceptors (Lipinski definition) is 8. The van der Waals surface area contributed by atoms with Crippen LogP contribution in [0.4, 0.5) is 8.78 Å². The number of imidazole rings is 1. The van der Waals surface area contributed by atoms with Gasteiger partial charge in [0.2, 0.25) is 5.91 Å². The highest BCUT2D eigenvalue weighted by Crippen LogP contribution is 2.34. The second kappa shape index (κ2) is 11.8. The molecular formula is C21H31F2N5O5. The van der Waals surface area contributed by atoms with Crippen LogP contribution in [0, 0.1) is 11.6 Å². The summed E-state index contributed by atoms with van der Waals surface area (Å²) in [6, 6.07) is 1.73. The van der Waals surface area contributed by atoms with Gasteiger partial charge in [0.15, 0.2) is 17.9 Å². The molecule has 1 aliphatic rings. The lowest BCUT2D eigenvalue weighted by atomic mass is 10.1. The third kappa shape index (κ3) is 5.83. The molecular weight excluding hydrogens is 440 g/mol. The number of benzene rings is 1. The molecule has 12 heteroatoms. The second-order valence-electron chi connectivity index (χ2n) is 7.99. The molecule has 0 unspecified atom stereocenters. The minimum Gasteiger partial charge on any atom is -0.394 e. The lowest BCUT2D eigenvalue weighted by molar-refractivity contribution is -0.122. The number of unbranched alkanes of at least 4 members (excludes halogenated alkanes) is 1. The van der Waals surface area contributed by atoms with E-state index >= 15 is 0 Å². The monoisotopic (exact) mass is 471 g/mol. The van der Waals surface area contributed by atoms with Crippen molar-refractivity contribution in [2.45, 2.75) is 56.3 Å². The summed E-state index contributed by atoms with van der Waals surface area (Å²) in [4.78, 5) is 15.9. The van der Waals surface area contributed by atoms with Crippen LogP contribution in [0.25, 0.3) is 11.0 Å². The number of aromatic nitrogens is 2. The number of aliphatic hydroxyl groups excluding tert-OH is 2. The van der Waals surface area contributed by atoms with Crippen LogP contribution in [0.1, 0.15) is 31.9 Å². The standard InChI is InChI=1S/C21H31F2N5O5/c22-12-5-6-14-17(16(12)23)27-11-28(14)21-19(18(30)15(10-29)33-21)32-9-3-8-26-20(31)13(25)4-1-2-7-24/h5-6,11,13,15,18-19,21,29-30H,1-4,7-10,24-25H2,(H,26,31)/t13-,15+,18+,19+,21+/m0/s1. The molecule has 0 spiro atoms. The molecule has 5 atom stereocenters. The van der Waals surface area contributed by atoms with Crippen molar-refractivity contribution >= 4 is 16.9 Å². The van der Waals surface area contributed by atoms with Crippen LogP contribution in [0.5, 0.6) is 0 Å². The number of nitrogens with one attached hydrogen (secondary N) is 1. The number of aliphatic hydroxyl groups is 2. The number of carbonyl (C=O) groups excluding carboxylic acids is 1. The Hall–Kier alpha value is -2.22. The van der Waals surface area contributed by atoms with Crippen molar-refractivity contribution in [2.24, 2.45) is 11.5 Å². The lowest BCUT2D eigenvalue weighted by Gasteiger charge is -2.22. The first kappa shape index (κ1) is 25.4. The minimum atomic E-state index is -1.16. The Morgan fingerprint density at radius 1 is 1.33 bits per heavy atom. The molecule has 0 bridgehead atoms. The molecule has 1 saturated heterocycles. The maximum Gasteiger partial charge on any atom is 0.236 e. The van der Waals surface area contributed by atoms with Crippen LogP contribution in [0.2, 0.25) is 0 Å². The SMILES string of the molecule is NCCCC[C@H](N)C(=O)NCCCO[C@@H]1[C@H](O)[C@@H](CO)O[C@H]1n1cnc2c(F)c(F)ccc21. The van der Waals surface area contributed by atoms with Gasteiger partial charge >= 0.3 is 0 Å². The Morgan fingerprint density at radius 3 is 2.85 bits per heavy atom. The predicted octanol–water partition coefficient (Wildman–Crippen LogP) is -0.0871. The molecule has 184 valence electrons. The van der Waals surface area contributed by atoms with Gasteiger partial charge in [-0.3, -0.25) is 4.79 Å². The molecule has 10 nitrogen and oxygen atoms in total. The van der Waals surface area contributed by atoms with Gasteiger partial charge in [0, 0.05) is 13.2 Å². The van der Waals surface area contributed by atoms with E-state index in [0.29, 0.717) is 25.9 Å². The average molecular weight is 472 g/mol. The molecule has 33 heavy (non-hydrogen) atoms. The molecule has 1 fully saturated rings. The van der Waals surface area contributed by atoms with E-state index in [2.05, 4.69) is 10.3 Å². The van der Waals surface area contributed by atoms with Gasteiger partial charge in [-0.1, -0.05) is 6.42 Å². The first-order valence-electron chi connectivity index (χ1n) is 11.0. The first-order chi connectivity index (χ1) is 15.9. The number of fused-ring (bicyclic) bond motifs is 1. The Bertz CT molecular complexity index is 930. The summed E-state index contributed by atoms with van der Waals surface area (Å²) >= 11 is 0. The summed E-state index contributed by atoms with van der Waals surface area (Å²) in [5.41, 5.74) is 11.4. The highest BCUT2D eigenvalue weighted by molar-refractivity contribution is 5.81. The predicted molar refractivity (Wildman–Crippen MR) is 115 cm³/mol. The van der Waals surface area contributed by atoms with Gasteiger partial charge in [0.05, 0.1) is 24.5 Å². The topological polar surface area (TPSA) is 158 Å². The normalized spacial score (nSPS) is 23.8. The van der Waals surface area contributed by atoms with Crippen molar-refractivity contribution < 1.29 is 33.3 Å². The van der Waals surface area contributed by atoms with Crippen molar-refractivity contribution in [2.75, 3.05) is 26.3 Å². The number of ether oxygens (including phenoxy) is 2. The van der Waals surface area contributed by atoms with Crippen molar-refractivity contribution in [3.05, 3.63) is 30.1 Å². The van der Waals surface area contributed by atoms with Gasteiger partial charge in [-0.05, 0) is 37.9 Å². The van der Waals surface area contributed by atoms with E-state index < -0.39 is 48.8 Å². The highest BCUT2D eigenvalue weighted by Gasteiger charge is 2.45. The van der Waals surface area contributed by atoms with Crippen LogP contribution in [-0.2, 0) is 14.3 Å². The fourth-order valence-corrected chi connectivity index (χ4v) is 3.79. The van der Waals surface area contributed by atoms with E-state index in [4.69, 9.17) is 20.9 Å². The third-order valence-corrected chi connectivity index (χ3v) is 5.64. The molecule has 2 heterocycles. The van der Waals surface area contributed by atoms with Crippen molar-refractivity contribution in [3.8, 4) is 0 Å². The van der Waals surface area contributed by atoms with Gasteiger partial charge in [0.25, 0.3) is 0 Å². The molecule has 1 amide bonds. The number of halogens is 2. The van der Waals surface area contributed by atoms with Gasteiger partial charge in [0.1, 0.15) is 23.8 Å². The molecule has 3 rings (SSSR count). The van der Waals surface area contributed by atoms with E-state index in [1.807, 2.05) is 0 Å². The number of hydrogen-bond donors (Lipinski definition) is 5. The molecule has 7 N–H and O–H groups in total. The Kier molecular flexibility index (Phi) is 9.06. The zero-order valence-corrected chi connectivity index (χ0v) is 18.2. The molecule has 0 saturated carbocycles. The zero-order valence-electron chi connectivity index (χ0n) is 18.2. The zero-order chi connectivity index (χ0) is 24.0. The van der Waals surface area contributed by atoms with Gasteiger partial charge in [-0.2, -0.15) is 0 Å². The van der Waals surface area contributed by atoms with Gasteiger partial charge < -0.3 is 41.0 Å². The Labute approximate surface area is 189 Å². The minimum absolute atomic E-state index is 0.165. The quantitative estimate of drug-likeness (QED) is 0.269. The summed E-state index contributed by atoms with van der Waals surface area (Å²) in [6.45, 7) is 0.588. The number of nitrogens with zero attached hydrogens (tertiary/aromatic N) is 2. The van der Waals surface area contributed by atoms with Crippen LogP contribution >= 0.6 is 0 Å². The molecule has 1 aliphatic heterocycles. The third-order valence-electron chi connectivity index (χ3n) is 5.64. The van der Waals surface area contributed by atoms with E-state index in [9.17, 15) is 23.8 Å². The summed E-state index contributed by atoms with van der Waals surface area (Å²) in [5, 5.41) is 22.8. The number of carbonyl (C=O) groups is 1. The average Bonchev–Trinajstić information content (AvgIpc) is 3.37. The summed E-state index contributed by atoms with van der Waals surface area (Å²) in [5.74, 6) is -2.37. The van der Waals surface area contributed by atoms with Crippen LogP contribution < -0.4 is 16.8 Å². The van der Waals surface area contributed by atoms with Gasteiger partial charge in [-0.25, -0.2) is 13.8 Å². The fraction of sp³-hybridized carbons (Fsp3) is 0.619. The maximum absolute atomic E-state index is 14.1. The summed E-state index contributed by atoms with van der Waals surface area (Å²) < 4.78 is 40.5. The fourth-order valence-electron chi connectivity index (χ4n) is 3.79. The smallest absolute Gasteiger partial charge is 0.236 e. The Morgan fingerprint density at radius 2 is 2.12 bits per heavy atom. The van der Waals surface area contributed by atoms with Crippen molar-refractivity contribution in [3.63, 3.8) is 0 Å². The maximum atomic E-state index is 14.1. The van der Waals surface area contributed by atoms with E-state index in [1.54, 1.807) is 0 Å². The van der Waals surface area contributed by atoms with Crippen LogP contribution in [-0.4, -0.2) is 76.3 Å². The molecule has 0 radical (unpaired) electrons. The van der Waals surface area contributed by atoms with Gasteiger partial charge in [-0.15, -0.1) is 0 Å². The Balaban J connectivity index is 1.57. The van der Waals surface area contributed by atoms with Crippen molar-refractivity contribution in [1.82, 2.24) is 14.9 Å². The molecule has 1 aromatic carbocycles. The summed E-state index contributed by atoms with van der Waals surface area (Å²) in [6.07, 6.45) is -0.0517. The number of rotatable bonds is 12. The second-order valence-corrected chi connectivity index (χ2v) is 7.99. The molecule has 1 aromatic heterocycles. The lowest BCUT2D eigenvalue weighted by Crippen LogP contribution is -2.41.